The molecule has 2 aromatic carbocycles. The maximum atomic E-state index is 15.1. The highest BCUT2D eigenvalue weighted by Crippen LogP contribution is 2.31. The van der Waals surface area contributed by atoms with Gasteiger partial charge in [0, 0.05) is 25.1 Å². The lowest BCUT2D eigenvalue weighted by Crippen LogP contribution is -2.35. The smallest absolute Gasteiger partial charge is 0.277 e. The summed E-state index contributed by atoms with van der Waals surface area (Å²) in [7, 11) is 0. The topological polar surface area (TPSA) is 90.9 Å². The molecule has 1 saturated heterocycles. The zero-order valence-electron chi connectivity index (χ0n) is 19.5. The maximum absolute atomic E-state index is 15.1. The highest BCUT2D eigenvalue weighted by atomic mass is 19.2. The zero-order chi connectivity index (χ0) is 25.3. The van der Waals surface area contributed by atoms with Crippen molar-refractivity contribution in [3.8, 4) is 0 Å². The molecule has 1 heterocycles. The SMILES string of the molecule is CC.Cc1ccc(Nc2c(C(=O)NOCCO)cc(CN3CCCCC3=O)c(F)c2F)c(F)c1. The molecule has 0 aliphatic carbocycles. The Labute approximate surface area is 196 Å². The molecule has 2 amide bonds. The normalized spacial score (nSPS) is 13.3. The van der Waals surface area contributed by atoms with Gasteiger partial charge in [-0.15, -0.1) is 0 Å². The van der Waals surface area contributed by atoms with Crippen molar-refractivity contribution in [1.29, 1.82) is 0 Å². The van der Waals surface area contributed by atoms with Crippen molar-refractivity contribution in [2.45, 2.75) is 46.6 Å². The first kappa shape index (κ1) is 27.1. The summed E-state index contributed by atoms with van der Waals surface area (Å²) in [5.74, 6) is -4.46. The van der Waals surface area contributed by atoms with Gasteiger partial charge in [-0.05, 0) is 43.5 Å². The molecule has 186 valence electrons. The molecule has 0 bridgehead atoms. The van der Waals surface area contributed by atoms with Crippen LogP contribution in [-0.2, 0) is 16.2 Å². The Bertz CT molecular complexity index is 1020. The molecule has 1 aliphatic heterocycles. The summed E-state index contributed by atoms with van der Waals surface area (Å²) in [6.07, 6.45) is 1.79. The van der Waals surface area contributed by atoms with Crippen molar-refractivity contribution >= 4 is 23.2 Å². The first-order valence-corrected chi connectivity index (χ1v) is 11.2. The number of aliphatic hydroxyl groups is 1. The van der Waals surface area contributed by atoms with Gasteiger partial charge in [0.05, 0.1) is 30.2 Å². The van der Waals surface area contributed by atoms with Crippen molar-refractivity contribution < 1.29 is 32.7 Å². The molecule has 34 heavy (non-hydrogen) atoms. The predicted octanol–water partition coefficient (Wildman–Crippen LogP) is 4.35. The molecule has 0 spiro atoms. The number of carbonyl (C=O) groups excluding carboxylic acids is 2. The van der Waals surface area contributed by atoms with Gasteiger partial charge in [-0.3, -0.25) is 14.4 Å². The number of halogens is 3. The largest absolute Gasteiger partial charge is 0.394 e. The summed E-state index contributed by atoms with van der Waals surface area (Å²) in [5.41, 5.74) is 1.38. The number of anilines is 2. The Hall–Kier alpha value is -3.11. The second-order valence-corrected chi connectivity index (χ2v) is 7.47. The average Bonchev–Trinajstić information content (AvgIpc) is 2.82. The van der Waals surface area contributed by atoms with Crippen LogP contribution in [0.15, 0.2) is 24.3 Å². The van der Waals surface area contributed by atoms with Crippen LogP contribution < -0.4 is 10.8 Å². The Balaban J connectivity index is 0.00000199. The molecule has 7 nitrogen and oxygen atoms in total. The molecule has 3 N–H and O–H groups in total. The van der Waals surface area contributed by atoms with Gasteiger partial charge in [0.2, 0.25) is 5.91 Å². The van der Waals surface area contributed by atoms with Gasteiger partial charge in [0.25, 0.3) is 5.91 Å². The third kappa shape index (κ3) is 6.71. The van der Waals surface area contributed by atoms with Crippen LogP contribution in [0.4, 0.5) is 24.5 Å². The minimum absolute atomic E-state index is 0.154. The van der Waals surface area contributed by atoms with Crippen LogP contribution in [0.5, 0.6) is 0 Å². The van der Waals surface area contributed by atoms with Crippen LogP contribution in [-0.4, -0.2) is 41.6 Å². The van der Waals surface area contributed by atoms with Crippen LogP contribution in [0, 0.1) is 24.4 Å². The van der Waals surface area contributed by atoms with Crippen molar-refractivity contribution in [2.75, 3.05) is 25.1 Å². The minimum atomic E-state index is -1.39. The molecule has 1 aliphatic rings. The number of hydroxylamine groups is 1. The molecular formula is C24H30F3N3O4. The van der Waals surface area contributed by atoms with Gasteiger partial charge in [-0.25, -0.2) is 18.7 Å². The third-order valence-corrected chi connectivity index (χ3v) is 5.05. The number of nitrogens with one attached hydrogen (secondary N) is 2. The van der Waals surface area contributed by atoms with E-state index >= 15 is 4.39 Å². The second kappa shape index (κ2) is 13.0. The van der Waals surface area contributed by atoms with Gasteiger partial charge in [0.1, 0.15) is 5.82 Å². The molecule has 2 aromatic rings. The highest BCUT2D eigenvalue weighted by molar-refractivity contribution is 6.00. The van der Waals surface area contributed by atoms with E-state index in [1.54, 1.807) is 13.0 Å². The van der Waals surface area contributed by atoms with Crippen LogP contribution in [0.3, 0.4) is 0 Å². The van der Waals surface area contributed by atoms with Crippen LogP contribution in [0.1, 0.15) is 54.6 Å². The Kier molecular flexibility index (Phi) is 10.3. The fraction of sp³-hybridized carbons (Fsp3) is 0.417. The molecule has 0 radical (unpaired) electrons. The Morgan fingerprint density at radius 1 is 1.15 bits per heavy atom. The number of piperidine rings is 1. The van der Waals surface area contributed by atoms with E-state index in [0.29, 0.717) is 18.5 Å². The average molecular weight is 482 g/mol. The summed E-state index contributed by atoms with van der Waals surface area (Å²) in [6, 6.07) is 5.22. The van der Waals surface area contributed by atoms with Crippen LogP contribution in [0.25, 0.3) is 0 Å². The number of benzene rings is 2. The summed E-state index contributed by atoms with van der Waals surface area (Å²) in [4.78, 5) is 30.9. The van der Waals surface area contributed by atoms with Crippen LogP contribution in [0.2, 0.25) is 0 Å². The molecule has 0 atom stereocenters. The van der Waals surface area contributed by atoms with Crippen molar-refractivity contribution in [1.82, 2.24) is 10.4 Å². The number of nitrogens with zero attached hydrogens (tertiary/aromatic N) is 1. The first-order valence-electron chi connectivity index (χ1n) is 11.2. The second-order valence-electron chi connectivity index (χ2n) is 7.47. The number of carbonyl (C=O) groups is 2. The van der Waals surface area contributed by atoms with E-state index in [9.17, 15) is 18.4 Å². The van der Waals surface area contributed by atoms with Gasteiger partial charge in [0.15, 0.2) is 11.6 Å². The number of likely N-dealkylation sites (tertiary alicyclic amines) is 1. The van der Waals surface area contributed by atoms with E-state index in [1.165, 1.54) is 17.0 Å². The van der Waals surface area contributed by atoms with Crippen molar-refractivity contribution in [3.05, 3.63) is 58.4 Å². The van der Waals surface area contributed by atoms with E-state index in [-0.39, 0.29) is 42.5 Å². The quantitative estimate of drug-likeness (QED) is 0.385. The number of amides is 2. The molecule has 0 saturated carbocycles. The number of aryl methyl sites for hydroxylation is 1. The van der Waals surface area contributed by atoms with E-state index in [2.05, 4.69) is 5.32 Å². The van der Waals surface area contributed by atoms with Gasteiger partial charge < -0.3 is 15.3 Å². The number of hydrogen-bond donors (Lipinski definition) is 3. The van der Waals surface area contributed by atoms with Crippen molar-refractivity contribution in [2.24, 2.45) is 0 Å². The lowest BCUT2D eigenvalue weighted by molar-refractivity contribution is -0.133. The molecule has 3 rings (SSSR count). The Morgan fingerprint density at radius 3 is 2.53 bits per heavy atom. The van der Waals surface area contributed by atoms with Gasteiger partial charge in [-0.2, -0.15) is 0 Å². The number of rotatable bonds is 8. The van der Waals surface area contributed by atoms with E-state index in [1.807, 2.05) is 19.3 Å². The first-order chi connectivity index (χ1) is 16.3. The van der Waals surface area contributed by atoms with Crippen LogP contribution >= 0.6 is 0 Å². The van der Waals surface area contributed by atoms with Gasteiger partial charge in [-0.1, -0.05) is 19.9 Å². The third-order valence-electron chi connectivity index (χ3n) is 5.05. The predicted molar refractivity (Wildman–Crippen MR) is 122 cm³/mol. The monoisotopic (exact) mass is 481 g/mol. The molecule has 10 heteroatoms. The Morgan fingerprint density at radius 2 is 1.88 bits per heavy atom. The summed E-state index contributed by atoms with van der Waals surface area (Å²) in [6.45, 7) is 5.26. The molecule has 0 aromatic heterocycles. The summed E-state index contributed by atoms with van der Waals surface area (Å²) in [5, 5.41) is 11.3. The zero-order valence-corrected chi connectivity index (χ0v) is 19.5. The number of aliphatic hydroxyl groups excluding tert-OH is 1. The van der Waals surface area contributed by atoms with Gasteiger partial charge >= 0.3 is 0 Å². The fourth-order valence-corrected chi connectivity index (χ4v) is 3.40. The standard InChI is InChI=1S/C22H24F3N3O4.C2H6/c1-13-5-6-17(16(23)10-13)26-21-15(22(31)27-32-9-8-29)11-14(19(24)20(21)25)12-28-7-3-2-4-18(28)30;1-2/h5-6,10-11,26,29H,2-4,7-9,12H2,1H3,(H,27,31);1-2H3. The maximum Gasteiger partial charge on any atom is 0.277 e. The lowest BCUT2D eigenvalue weighted by atomic mass is 10.0. The molecule has 0 unspecified atom stereocenters. The van der Waals surface area contributed by atoms with E-state index in [4.69, 9.17) is 9.94 Å². The number of hydrogen-bond acceptors (Lipinski definition) is 5. The van der Waals surface area contributed by atoms with Crippen molar-refractivity contribution in [3.63, 3.8) is 0 Å². The highest BCUT2D eigenvalue weighted by Gasteiger charge is 2.26. The lowest BCUT2D eigenvalue weighted by Gasteiger charge is -2.27. The molecular weight excluding hydrogens is 451 g/mol. The summed E-state index contributed by atoms with van der Waals surface area (Å²) >= 11 is 0. The minimum Gasteiger partial charge on any atom is -0.394 e. The molecule has 1 fully saturated rings. The van der Waals surface area contributed by atoms with E-state index < -0.39 is 29.0 Å². The fourth-order valence-electron chi connectivity index (χ4n) is 3.40. The van der Waals surface area contributed by atoms with E-state index in [0.717, 1.165) is 18.9 Å². The summed E-state index contributed by atoms with van der Waals surface area (Å²) < 4.78 is 44.3.